The van der Waals surface area contributed by atoms with E-state index >= 15 is 0 Å². The third-order valence-electron chi connectivity index (χ3n) is 3.61. The van der Waals surface area contributed by atoms with Crippen LogP contribution >= 0.6 is 23.2 Å². The van der Waals surface area contributed by atoms with Crippen molar-refractivity contribution in [1.29, 1.82) is 0 Å². The van der Waals surface area contributed by atoms with Crippen LogP contribution in [0.25, 0.3) is 0 Å². The highest BCUT2D eigenvalue weighted by molar-refractivity contribution is 6.41. The summed E-state index contributed by atoms with van der Waals surface area (Å²) in [6.07, 6.45) is 2.26. The van der Waals surface area contributed by atoms with Crippen LogP contribution in [0.5, 0.6) is 0 Å². The summed E-state index contributed by atoms with van der Waals surface area (Å²) in [5.41, 5.74) is 5.35. The van der Waals surface area contributed by atoms with E-state index in [1.54, 1.807) is 4.90 Å². The molecule has 0 aromatic carbocycles. The SMILES string of the molecule is NC(=O)C1CCN(C(=O)COC(=O)c2cnc(Cl)c(Cl)c2)CC1. The lowest BCUT2D eigenvalue weighted by Gasteiger charge is -2.30. The summed E-state index contributed by atoms with van der Waals surface area (Å²) in [6, 6.07) is 1.32. The number of aromatic nitrogens is 1. The molecule has 1 aromatic heterocycles. The summed E-state index contributed by atoms with van der Waals surface area (Å²) in [5.74, 6) is -1.59. The predicted octanol–water partition coefficient (Wildman–Crippen LogP) is 1.27. The van der Waals surface area contributed by atoms with Gasteiger partial charge in [0.05, 0.1) is 10.6 Å². The fraction of sp³-hybridized carbons (Fsp3) is 0.429. The van der Waals surface area contributed by atoms with Gasteiger partial charge in [-0.15, -0.1) is 0 Å². The maximum atomic E-state index is 12.0. The van der Waals surface area contributed by atoms with E-state index in [9.17, 15) is 14.4 Å². The standard InChI is InChI=1S/C14H15Cl2N3O4/c15-10-5-9(6-18-12(10)16)14(22)23-7-11(20)19-3-1-8(2-4-19)13(17)21/h5-6,8H,1-4,7H2,(H2,17,21). The summed E-state index contributed by atoms with van der Waals surface area (Å²) < 4.78 is 4.95. The zero-order chi connectivity index (χ0) is 17.0. The van der Waals surface area contributed by atoms with Gasteiger partial charge < -0.3 is 15.4 Å². The summed E-state index contributed by atoms with van der Waals surface area (Å²) in [4.78, 5) is 40.2. The Morgan fingerprint density at radius 3 is 2.52 bits per heavy atom. The monoisotopic (exact) mass is 359 g/mol. The molecule has 2 rings (SSSR count). The molecule has 7 nitrogen and oxygen atoms in total. The number of nitrogens with two attached hydrogens (primary N) is 1. The number of primary amides is 1. The molecule has 0 bridgehead atoms. The first-order valence-electron chi connectivity index (χ1n) is 6.93. The third-order valence-corrected chi connectivity index (χ3v) is 4.29. The van der Waals surface area contributed by atoms with Gasteiger partial charge in [0.15, 0.2) is 6.61 Å². The normalized spacial score (nSPS) is 15.3. The number of ether oxygens (including phenoxy) is 1. The van der Waals surface area contributed by atoms with Crippen LogP contribution in [0.1, 0.15) is 23.2 Å². The lowest BCUT2D eigenvalue weighted by atomic mass is 9.96. The van der Waals surface area contributed by atoms with E-state index in [-0.39, 0.29) is 40.1 Å². The van der Waals surface area contributed by atoms with Gasteiger partial charge in [0.25, 0.3) is 5.91 Å². The molecule has 9 heteroatoms. The smallest absolute Gasteiger partial charge is 0.340 e. The molecule has 0 saturated carbocycles. The van der Waals surface area contributed by atoms with Crippen molar-refractivity contribution >= 4 is 41.0 Å². The van der Waals surface area contributed by atoms with Gasteiger partial charge in [-0.05, 0) is 18.9 Å². The summed E-state index contributed by atoms with van der Waals surface area (Å²) in [6.45, 7) is 0.441. The second kappa shape index (κ2) is 7.61. The van der Waals surface area contributed by atoms with Crippen molar-refractivity contribution in [3.05, 3.63) is 28.0 Å². The van der Waals surface area contributed by atoms with Crippen molar-refractivity contribution < 1.29 is 19.1 Å². The van der Waals surface area contributed by atoms with Crippen LogP contribution in [-0.4, -0.2) is 47.4 Å². The van der Waals surface area contributed by atoms with Crippen molar-refractivity contribution in [3.63, 3.8) is 0 Å². The zero-order valence-corrected chi connectivity index (χ0v) is 13.6. The average molecular weight is 360 g/mol. The van der Waals surface area contributed by atoms with Gasteiger partial charge in [-0.2, -0.15) is 0 Å². The highest BCUT2D eigenvalue weighted by Gasteiger charge is 2.26. The van der Waals surface area contributed by atoms with Crippen LogP contribution < -0.4 is 5.73 Å². The van der Waals surface area contributed by atoms with E-state index in [4.69, 9.17) is 33.7 Å². The van der Waals surface area contributed by atoms with E-state index in [1.165, 1.54) is 12.3 Å². The van der Waals surface area contributed by atoms with Gasteiger partial charge in [-0.3, -0.25) is 9.59 Å². The minimum absolute atomic E-state index is 0.0802. The van der Waals surface area contributed by atoms with Crippen molar-refractivity contribution in [2.45, 2.75) is 12.8 Å². The highest BCUT2D eigenvalue weighted by atomic mass is 35.5. The molecule has 1 fully saturated rings. The molecule has 2 heterocycles. The van der Waals surface area contributed by atoms with Gasteiger partial charge in [-0.1, -0.05) is 23.2 Å². The van der Waals surface area contributed by atoms with Crippen molar-refractivity contribution in [1.82, 2.24) is 9.88 Å². The molecule has 1 saturated heterocycles. The predicted molar refractivity (Wildman–Crippen MR) is 83.0 cm³/mol. The van der Waals surface area contributed by atoms with Crippen molar-refractivity contribution in [2.24, 2.45) is 11.7 Å². The van der Waals surface area contributed by atoms with Crippen LogP contribution in [0.4, 0.5) is 0 Å². The number of hydrogen-bond donors (Lipinski definition) is 1. The molecule has 1 aliphatic heterocycles. The lowest BCUT2D eigenvalue weighted by Crippen LogP contribution is -2.43. The minimum Gasteiger partial charge on any atom is -0.452 e. The largest absolute Gasteiger partial charge is 0.452 e. The Balaban J connectivity index is 1.83. The highest BCUT2D eigenvalue weighted by Crippen LogP contribution is 2.20. The fourth-order valence-electron chi connectivity index (χ4n) is 2.25. The number of nitrogens with zero attached hydrogens (tertiary/aromatic N) is 2. The molecular weight excluding hydrogens is 345 g/mol. The van der Waals surface area contributed by atoms with E-state index in [1.807, 2.05) is 0 Å². The molecule has 2 N–H and O–H groups in total. The number of halogens is 2. The third kappa shape index (κ3) is 4.56. The Labute approximate surface area is 142 Å². The van der Waals surface area contributed by atoms with E-state index in [2.05, 4.69) is 4.98 Å². The Morgan fingerprint density at radius 1 is 1.30 bits per heavy atom. The number of rotatable bonds is 4. The molecule has 1 aliphatic rings. The number of pyridine rings is 1. The van der Waals surface area contributed by atoms with Gasteiger partial charge in [0.1, 0.15) is 5.15 Å². The summed E-state index contributed by atoms with van der Waals surface area (Å²) in [5, 5.41) is 0.206. The Bertz CT molecular complexity index is 630. The van der Waals surface area contributed by atoms with Gasteiger partial charge in [0, 0.05) is 25.2 Å². The van der Waals surface area contributed by atoms with E-state index in [0.29, 0.717) is 25.9 Å². The maximum absolute atomic E-state index is 12.0. The molecule has 1 aromatic rings. The summed E-state index contributed by atoms with van der Waals surface area (Å²) in [7, 11) is 0. The summed E-state index contributed by atoms with van der Waals surface area (Å²) >= 11 is 11.4. The van der Waals surface area contributed by atoms with Crippen LogP contribution in [-0.2, 0) is 14.3 Å². The topological polar surface area (TPSA) is 103 Å². The second-order valence-electron chi connectivity index (χ2n) is 5.13. The number of likely N-dealkylation sites (tertiary alicyclic amines) is 1. The van der Waals surface area contributed by atoms with Crippen LogP contribution in [0, 0.1) is 5.92 Å². The quantitative estimate of drug-likeness (QED) is 0.643. The van der Waals surface area contributed by atoms with Crippen molar-refractivity contribution in [3.8, 4) is 0 Å². The van der Waals surface area contributed by atoms with Crippen LogP contribution in [0.3, 0.4) is 0 Å². The molecule has 0 atom stereocenters. The lowest BCUT2D eigenvalue weighted by molar-refractivity contribution is -0.137. The van der Waals surface area contributed by atoms with Crippen LogP contribution in [0.2, 0.25) is 10.2 Å². The molecule has 2 amide bonds. The number of esters is 1. The number of carbonyl (C=O) groups is 3. The van der Waals surface area contributed by atoms with Gasteiger partial charge in [-0.25, -0.2) is 9.78 Å². The first-order chi connectivity index (χ1) is 10.9. The van der Waals surface area contributed by atoms with Gasteiger partial charge in [0.2, 0.25) is 5.91 Å². The number of hydrogen-bond acceptors (Lipinski definition) is 5. The number of amides is 2. The minimum atomic E-state index is -0.712. The molecule has 23 heavy (non-hydrogen) atoms. The second-order valence-corrected chi connectivity index (χ2v) is 5.90. The molecular formula is C14H15Cl2N3O4. The average Bonchev–Trinajstić information content (AvgIpc) is 2.54. The first-order valence-corrected chi connectivity index (χ1v) is 7.69. The fourth-order valence-corrected chi connectivity index (χ4v) is 2.52. The Morgan fingerprint density at radius 2 is 1.96 bits per heavy atom. The first kappa shape index (κ1) is 17.5. The van der Waals surface area contributed by atoms with Crippen LogP contribution in [0.15, 0.2) is 12.3 Å². The Kier molecular flexibility index (Phi) is 5.79. The Hall–Kier alpha value is -1.86. The van der Waals surface area contributed by atoms with Crippen molar-refractivity contribution in [2.75, 3.05) is 19.7 Å². The number of carbonyl (C=O) groups excluding carboxylic acids is 3. The number of piperidine rings is 1. The van der Waals surface area contributed by atoms with Gasteiger partial charge >= 0.3 is 5.97 Å². The van der Waals surface area contributed by atoms with E-state index in [0.717, 1.165) is 0 Å². The molecule has 0 unspecified atom stereocenters. The molecule has 124 valence electrons. The zero-order valence-electron chi connectivity index (χ0n) is 12.1. The molecule has 0 spiro atoms. The molecule has 0 aliphatic carbocycles. The molecule has 0 radical (unpaired) electrons. The maximum Gasteiger partial charge on any atom is 0.340 e. The van der Waals surface area contributed by atoms with E-state index < -0.39 is 5.97 Å².